The number of aliphatic hydroxyl groups excluding tert-OH is 5. The molecule has 9 nitrogen and oxygen atoms in total. The van der Waals surface area contributed by atoms with Crippen LogP contribution in [0.25, 0.3) is 0 Å². The molecule has 0 aliphatic carbocycles. The van der Waals surface area contributed by atoms with Crippen LogP contribution in [0.15, 0.2) is 0 Å². The molecule has 0 aromatic rings. The summed E-state index contributed by atoms with van der Waals surface area (Å²) in [4.78, 5) is 10.7. The maximum absolute atomic E-state index is 10.7. The molecule has 1 heterocycles. The molecule has 0 spiro atoms. The summed E-state index contributed by atoms with van der Waals surface area (Å²) in [5.41, 5.74) is 0. The van der Waals surface area contributed by atoms with Crippen molar-refractivity contribution in [2.75, 3.05) is 6.61 Å². The molecule has 1 rings (SSSR count). The van der Waals surface area contributed by atoms with Crippen molar-refractivity contribution in [1.29, 1.82) is 0 Å². The molecule has 1 unspecified atom stereocenters. The molecular weight excluding hydrogens is 240 g/mol. The fourth-order valence-electron chi connectivity index (χ4n) is 1.55. The smallest absolute Gasteiger partial charge is 0.367 e. The van der Waals surface area contributed by atoms with E-state index in [1.165, 1.54) is 0 Å². The van der Waals surface area contributed by atoms with Gasteiger partial charge in [0, 0.05) is 0 Å². The zero-order valence-corrected chi connectivity index (χ0v) is 8.54. The number of aliphatic hydroxyl groups is 6. The Kier molecular flexibility index (Phi) is 4.04. The second kappa shape index (κ2) is 4.82. The van der Waals surface area contributed by atoms with Gasteiger partial charge in [0.15, 0.2) is 0 Å². The number of carboxylic acid groups (broad SMARTS) is 1. The lowest BCUT2D eigenvalue weighted by Gasteiger charge is -2.44. The molecule has 0 bridgehead atoms. The summed E-state index contributed by atoms with van der Waals surface area (Å²) in [7, 11) is 0. The number of carboxylic acids is 1. The Morgan fingerprint density at radius 3 is 2.24 bits per heavy atom. The molecule has 0 saturated carbocycles. The van der Waals surface area contributed by atoms with Crippen LogP contribution in [0.3, 0.4) is 0 Å². The lowest BCUT2D eigenvalue weighted by Crippen LogP contribution is -2.69. The zero-order chi connectivity index (χ0) is 13.4. The van der Waals surface area contributed by atoms with Crippen LogP contribution in [0.1, 0.15) is 0 Å². The summed E-state index contributed by atoms with van der Waals surface area (Å²) < 4.78 is 4.47. The van der Waals surface area contributed by atoms with Gasteiger partial charge in [0.1, 0.15) is 30.5 Å². The molecule has 17 heavy (non-hydrogen) atoms. The van der Waals surface area contributed by atoms with Crippen LogP contribution in [0, 0.1) is 0 Å². The van der Waals surface area contributed by atoms with E-state index < -0.39 is 48.9 Å². The molecule has 0 aromatic carbocycles. The molecule has 7 N–H and O–H groups in total. The van der Waals surface area contributed by atoms with Crippen molar-refractivity contribution in [3.8, 4) is 0 Å². The van der Waals surface area contributed by atoms with Crippen molar-refractivity contribution in [3.63, 3.8) is 0 Å². The van der Waals surface area contributed by atoms with E-state index in [1.807, 2.05) is 0 Å². The number of hydrogen-bond donors (Lipinski definition) is 7. The van der Waals surface area contributed by atoms with Crippen LogP contribution >= 0.6 is 0 Å². The first-order valence-corrected chi connectivity index (χ1v) is 4.72. The van der Waals surface area contributed by atoms with Crippen LogP contribution in [0.5, 0.6) is 0 Å². The van der Waals surface area contributed by atoms with E-state index in [0.29, 0.717) is 0 Å². The number of aliphatic carboxylic acids is 1. The number of rotatable bonds is 3. The Balaban J connectivity index is 3.02. The second-order valence-electron chi connectivity index (χ2n) is 3.76. The minimum Gasteiger partial charge on any atom is -0.477 e. The summed E-state index contributed by atoms with van der Waals surface area (Å²) in [6.45, 7) is -0.889. The fraction of sp³-hybridized carbons (Fsp3) is 0.875. The topological polar surface area (TPSA) is 168 Å². The highest BCUT2D eigenvalue weighted by molar-refractivity contribution is 5.76. The standard InChI is InChI=1S/C8H14O9/c9-1-2(10)5-3(11)4(12)6(13)8(16,17-5)7(14)15/h2-6,9-13,16H,1H2,(H,14,15)/t2-,3-,4+,5-,6+,8?/m1/s1. The van der Waals surface area contributed by atoms with Gasteiger partial charge in [-0.2, -0.15) is 0 Å². The number of ether oxygens (including phenoxy) is 1. The Labute approximate surface area is 95.1 Å². The highest BCUT2D eigenvalue weighted by Gasteiger charge is 2.58. The van der Waals surface area contributed by atoms with Gasteiger partial charge in [-0.05, 0) is 0 Å². The minimum atomic E-state index is -3.17. The third kappa shape index (κ3) is 2.26. The molecule has 0 aromatic heterocycles. The van der Waals surface area contributed by atoms with Crippen molar-refractivity contribution < 1.29 is 45.3 Å². The van der Waals surface area contributed by atoms with E-state index in [-0.39, 0.29) is 0 Å². The van der Waals surface area contributed by atoms with E-state index in [2.05, 4.69) is 4.74 Å². The predicted octanol–water partition coefficient (Wildman–Crippen LogP) is -4.41. The molecular formula is C8H14O9. The van der Waals surface area contributed by atoms with Gasteiger partial charge >= 0.3 is 5.97 Å². The van der Waals surface area contributed by atoms with Gasteiger partial charge in [0.05, 0.1) is 6.61 Å². The van der Waals surface area contributed by atoms with Crippen molar-refractivity contribution in [1.82, 2.24) is 0 Å². The Morgan fingerprint density at radius 1 is 1.29 bits per heavy atom. The molecule has 9 heteroatoms. The first-order valence-electron chi connectivity index (χ1n) is 4.72. The van der Waals surface area contributed by atoms with Crippen LogP contribution in [-0.2, 0) is 9.53 Å². The van der Waals surface area contributed by atoms with Gasteiger partial charge in [-0.3, -0.25) is 0 Å². The van der Waals surface area contributed by atoms with Crippen LogP contribution < -0.4 is 0 Å². The third-order valence-electron chi connectivity index (χ3n) is 2.60. The lowest BCUT2D eigenvalue weighted by molar-refractivity contribution is -0.346. The van der Waals surface area contributed by atoms with Crippen molar-refractivity contribution >= 4 is 5.97 Å². The Bertz CT molecular complexity index is 295. The van der Waals surface area contributed by atoms with E-state index in [4.69, 9.17) is 10.2 Å². The molecule has 1 aliphatic heterocycles. The minimum absolute atomic E-state index is 0.889. The van der Waals surface area contributed by atoms with Gasteiger partial charge in [-0.1, -0.05) is 0 Å². The fourth-order valence-corrected chi connectivity index (χ4v) is 1.55. The van der Waals surface area contributed by atoms with E-state index in [0.717, 1.165) is 0 Å². The first kappa shape index (κ1) is 14.3. The molecule has 1 aliphatic rings. The summed E-state index contributed by atoms with van der Waals surface area (Å²) in [6, 6.07) is 0. The van der Waals surface area contributed by atoms with E-state index >= 15 is 0 Å². The second-order valence-corrected chi connectivity index (χ2v) is 3.76. The maximum atomic E-state index is 10.7. The molecule has 0 radical (unpaired) electrons. The predicted molar refractivity (Wildman–Crippen MR) is 48.6 cm³/mol. The molecule has 6 atom stereocenters. The average molecular weight is 254 g/mol. The normalized spacial score (nSPS) is 44.4. The lowest BCUT2D eigenvalue weighted by atomic mass is 9.90. The summed E-state index contributed by atoms with van der Waals surface area (Å²) in [5, 5.41) is 64.1. The van der Waals surface area contributed by atoms with Gasteiger partial charge in [-0.15, -0.1) is 0 Å². The summed E-state index contributed by atoms with van der Waals surface area (Å²) in [5.74, 6) is -5.16. The quantitative estimate of drug-likeness (QED) is 0.263. The highest BCUT2D eigenvalue weighted by Crippen LogP contribution is 2.29. The monoisotopic (exact) mass is 254 g/mol. The SMILES string of the molecule is O=C(O)C1(O)O[C@H]([C@H](O)CO)[C@H](O)[C@H](O)[C@@H]1O. The van der Waals surface area contributed by atoms with E-state index in [1.54, 1.807) is 0 Å². The van der Waals surface area contributed by atoms with E-state index in [9.17, 15) is 30.3 Å². The largest absolute Gasteiger partial charge is 0.477 e. The summed E-state index contributed by atoms with van der Waals surface area (Å²) >= 11 is 0. The average Bonchev–Trinajstić information content (AvgIpc) is 2.30. The Morgan fingerprint density at radius 2 is 1.82 bits per heavy atom. The van der Waals surface area contributed by atoms with Crippen LogP contribution in [-0.4, -0.2) is 84.6 Å². The molecule has 1 fully saturated rings. The van der Waals surface area contributed by atoms with Crippen molar-refractivity contribution in [3.05, 3.63) is 0 Å². The zero-order valence-electron chi connectivity index (χ0n) is 8.54. The van der Waals surface area contributed by atoms with Crippen LogP contribution in [0.4, 0.5) is 0 Å². The van der Waals surface area contributed by atoms with Crippen LogP contribution in [0.2, 0.25) is 0 Å². The highest BCUT2D eigenvalue weighted by atomic mass is 16.7. The van der Waals surface area contributed by atoms with Crippen molar-refractivity contribution in [2.24, 2.45) is 0 Å². The number of hydrogen-bond acceptors (Lipinski definition) is 8. The molecule has 1 saturated heterocycles. The van der Waals surface area contributed by atoms with Gasteiger partial charge in [0.25, 0.3) is 5.79 Å². The van der Waals surface area contributed by atoms with Gasteiger partial charge < -0.3 is 40.5 Å². The molecule has 0 amide bonds. The van der Waals surface area contributed by atoms with Gasteiger partial charge in [0.2, 0.25) is 0 Å². The first-order chi connectivity index (χ1) is 7.75. The third-order valence-corrected chi connectivity index (χ3v) is 2.60. The maximum Gasteiger partial charge on any atom is 0.367 e. The molecule has 100 valence electrons. The van der Waals surface area contributed by atoms with Crippen molar-refractivity contribution in [2.45, 2.75) is 36.3 Å². The van der Waals surface area contributed by atoms with Gasteiger partial charge in [-0.25, -0.2) is 4.79 Å². The number of carbonyl (C=O) groups is 1. The Hall–Kier alpha value is -0.810. The summed E-state index contributed by atoms with van der Waals surface area (Å²) in [6.07, 6.45) is -9.67.